The molecule has 0 saturated carbocycles. The standard InChI is InChI=1S/C10H13BrN2O3S2/c1-7(14)12-8-2-4-13(6-8)18(15,16)10-9(11)3-5-17-10/h3,5,8H,2,4,6H2,1H3,(H,12,14). The lowest BCUT2D eigenvalue weighted by atomic mass is 10.3. The average Bonchev–Trinajstić information content (AvgIpc) is 2.86. The van der Waals surface area contributed by atoms with E-state index in [9.17, 15) is 13.2 Å². The van der Waals surface area contributed by atoms with Crippen molar-refractivity contribution in [2.24, 2.45) is 0 Å². The topological polar surface area (TPSA) is 66.5 Å². The van der Waals surface area contributed by atoms with E-state index in [1.165, 1.54) is 22.6 Å². The average molecular weight is 353 g/mol. The molecule has 1 aliphatic rings. The number of carbonyl (C=O) groups is 1. The number of thiophene rings is 1. The summed E-state index contributed by atoms with van der Waals surface area (Å²) in [7, 11) is -3.44. The molecule has 1 aromatic heterocycles. The van der Waals surface area contributed by atoms with Gasteiger partial charge in [0.25, 0.3) is 10.0 Å². The fourth-order valence-corrected chi connectivity index (χ4v) is 5.88. The van der Waals surface area contributed by atoms with Crippen molar-refractivity contribution < 1.29 is 13.2 Å². The summed E-state index contributed by atoms with van der Waals surface area (Å²) < 4.78 is 27.0. The normalized spacial score (nSPS) is 21.1. The van der Waals surface area contributed by atoms with Crippen LogP contribution in [0.4, 0.5) is 0 Å². The van der Waals surface area contributed by atoms with E-state index in [-0.39, 0.29) is 11.9 Å². The molecule has 2 heterocycles. The summed E-state index contributed by atoms with van der Waals surface area (Å²) in [4.78, 5) is 11.0. The predicted molar refractivity (Wildman–Crippen MR) is 73.0 cm³/mol. The van der Waals surface area contributed by atoms with Crippen LogP contribution in [0, 0.1) is 0 Å². The Labute approximate surface area is 118 Å². The Morgan fingerprint density at radius 3 is 2.89 bits per heavy atom. The molecule has 1 atom stereocenters. The molecule has 0 bridgehead atoms. The number of hydrogen-bond donors (Lipinski definition) is 1. The van der Waals surface area contributed by atoms with Gasteiger partial charge in [0.2, 0.25) is 5.91 Å². The van der Waals surface area contributed by atoms with Gasteiger partial charge in [-0.15, -0.1) is 11.3 Å². The van der Waals surface area contributed by atoms with Crippen molar-refractivity contribution in [2.45, 2.75) is 23.6 Å². The fourth-order valence-electron chi connectivity index (χ4n) is 1.93. The molecule has 1 saturated heterocycles. The molecule has 100 valence electrons. The van der Waals surface area contributed by atoms with Gasteiger partial charge in [-0.2, -0.15) is 4.31 Å². The molecule has 0 spiro atoms. The quantitative estimate of drug-likeness (QED) is 0.894. The first-order chi connectivity index (χ1) is 8.41. The largest absolute Gasteiger partial charge is 0.352 e. The van der Waals surface area contributed by atoms with Crippen LogP contribution in [0.1, 0.15) is 13.3 Å². The molecule has 0 aromatic carbocycles. The first-order valence-electron chi connectivity index (χ1n) is 5.41. The first-order valence-corrected chi connectivity index (χ1v) is 8.53. The van der Waals surface area contributed by atoms with Gasteiger partial charge >= 0.3 is 0 Å². The van der Waals surface area contributed by atoms with Gasteiger partial charge in [0, 0.05) is 30.5 Å². The number of sulfonamides is 1. The van der Waals surface area contributed by atoms with Crippen LogP contribution < -0.4 is 5.32 Å². The smallest absolute Gasteiger partial charge is 0.253 e. The number of hydrogen-bond acceptors (Lipinski definition) is 4. The third kappa shape index (κ3) is 2.76. The molecule has 8 heteroatoms. The minimum atomic E-state index is -3.44. The van der Waals surface area contributed by atoms with Crippen molar-refractivity contribution in [3.8, 4) is 0 Å². The summed E-state index contributed by atoms with van der Waals surface area (Å²) >= 11 is 4.43. The highest BCUT2D eigenvalue weighted by atomic mass is 79.9. The first kappa shape index (κ1) is 14.0. The van der Waals surface area contributed by atoms with Crippen molar-refractivity contribution in [1.29, 1.82) is 0 Å². The molecule has 1 unspecified atom stereocenters. The van der Waals surface area contributed by atoms with Gasteiger partial charge in [-0.25, -0.2) is 8.42 Å². The lowest BCUT2D eigenvalue weighted by molar-refractivity contribution is -0.119. The maximum Gasteiger partial charge on any atom is 0.253 e. The van der Waals surface area contributed by atoms with E-state index in [2.05, 4.69) is 21.2 Å². The summed E-state index contributed by atoms with van der Waals surface area (Å²) in [5.74, 6) is -0.128. The second kappa shape index (κ2) is 5.28. The summed E-state index contributed by atoms with van der Waals surface area (Å²) in [5.41, 5.74) is 0. The fraction of sp³-hybridized carbons (Fsp3) is 0.500. The Bertz CT molecular complexity index is 555. The summed E-state index contributed by atoms with van der Waals surface area (Å²) in [5, 5.41) is 4.48. The van der Waals surface area contributed by atoms with Gasteiger partial charge in [-0.3, -0.25) is 4.79 Å². The van der Waals surface area contributed by atoms with Gasteiger partial charge in [0.05, 0.1) is 0 Å². The van der Waals surface area contributed by atoms with E-state index >= 15 is 0 Å². The highest BCUT2D eigenvalue weighted by molar-refractivity contribution is 9.10. The minimum Gasteiger partial charge on any atom is -0.352 e. The Kier molecular flexibility index (Phi) is 4.10. The second-order valence-corrected chi connectivity index (χ2v) is 8.01. The number of nitrogens with zero attached hydrogens (tertiary/aromatic N) is 1. The van der Waals surface area contributed by atoms with Crippen molar-refractivity contribution in [3.05, 3.63) is 15.9 Å². The molecule has 0 radical (unpaired) electrons. The zero-order chi connectivity index (χ0) is 13.3. The third-order valence-corrected chi connectivity index (χ3v) is 7.23. The van der Waals surface area contributed by atoms with Crippen LogP contribution in [-0.4, -0.2) is 37.8 Å². The van der Waals surface area contributed by atoms with Crippen LogP contribution in [-0.2, 0) is 14.8 Å². The Balaban J connectivity index is 2.14. The Morgan fingerprint density at radius 1 is 1.61 bits per heavy atom. The number of halogens is 1. The van der Waals surface area contributed by atoms with Gasteiger partial charge < -0.3 is 5.32 Å². The number of nitrogens with one attached hydrogen (secondary N) is 1. The van der Waals surface area contributed by atoms with Gasteiger partial charge in [0.1, 0.15) is 4.21 Å². The Hall–Kier alpha value is -0.440. The highest BCUT2D eigenvalue weighted by Crippen LogP contribution is 2.31. The third-order valence-electron chi connectivity index (χ3n) is 2.72. The molecule has 1 aliphatic heterocycles. The van der Waals surface area contributed by atoms with Gasteiger partial charge in [-0.05, 0) is 33.8 Å². The summed E-state index contributed by atoms with van der Waals surface area (Å²) in [6.07, 6.45) is 0.655. The van der Waals surface area contributed by atoms with Crippen LogP contribution in [0.5, 0.6) is 0 Å². The maximum absolute atomic E-state index is 12.3. The van der Waals surface area contributed by atoms with Crippen LogP contribution >= 0.6 is 27.3 Å². The van der Waals surface area contributed by atoms with Crippen molar-refractivity contribution in [2.75, 3.05) is 13.1 Å². The molecule has 18 heavy (non-hydrogen) atoms. The van der Waals surface area contributed by atoms with E-state index in [0.29, 0.717) is 28.2 Å². The molecular weight excluding hydrogens is 340 g/mol. The Morgan fingerprint density at radius 2 is 2.33 bits per heavy atom. The van der Waals surface area contributed by atoms with Gasteiger partial charge in [0.15, 0.2) is 0 Å². The van der Waals surface area contributed by atoms with Crippen LogP contribution in [0.15, 0.2) is 20.1 Å². The predicted octanol–water partition coefficient (Wildman–Crippen LogP) is 1.41. The zero-order valence-corrected chi connectivity index (χ0v) is 12.9. The van der Waals surface area contributed by atoms with Crippen LogP contribution in [0.3, 0.4) is 0 Å². The molecule has 0 aliphatic carbocycles. The van der Waals surface area contributed by atoms with E-state index in [1.54, 1.807) is 11.4 Å². The summed E-state index contributed by atoms with van der Waals surface area (Å²) in [6.45, 7) is 2.22. The molecule has 2 rings (SSSR count). The molecule has 1 fully saturated rings. The molecular formula is C10H13BrN2O3S2. The van der Waals surface area contributed by atoms with Crippen molar-refractivity contribution >= 4 is 43.2 Å². The highest BCUT2D eigenvalue weighted by Gasteiger charge is 2.34. The maximum atomic E-state index is 12.3. The zero-order valence-electron chi connectivity index (χ0n) is 9.72. The molecule has 1 aromatic rings. The van der Waals surface area contributed by atoms with Crippen LogP contribution in [0.2, 0.25) is 0 Å². The van der Waals surface area contributed by atoms with Crippen LogP contribution in [0.25, 0.3) is 0 Å². The van der Waals surface area contributed by atoms with E-state index in [0.717, 1.165) is 0 Å². The van der Waals surface area contributed by atoms with Crippen molar-refractivity contribution in [3.63, 3.8) is 0 Å². The second-order valence-electron chi connectivity index (χ2n) is 4.11. The lowest BCUT2D eigenvalue weighted by Gasteiger charge is -2.16. The summed E-state index contributed by atoms with van der Waals surface area (Å²) in [6, 6.07) is 1.63. The SMILES string of the molecule is CC(=O)NC1CCN(S(=O)(=O)c2sccc2Br)C1. The number of carbonyl (C=O) groups excluding carboxylic acids is 1. The number of amides is 1. The van der Waals surface area contributed by atoms with E-state index in [1.807, 2.05) is 0 Å². The van der Waals surface area contributed by atoms with Gasteiger partial charge in [-0.1, -0.05) is 0 Å². The van der Waals surface area contributed by atoms with E-state index < -0.39 is 10.0 Å². The number of rotatable bonds is 3. The molecule has 5 nitrogen and oxygen atoms in total. The van der Waals surface area contributed by atoms with Crippen molar-refractivity contribution in [1.82, 2.24) is 9.62 Å². The monoisotopic (exact) mass is 352 g/mol. The lowest BCUT2D eigenvalue weighted by Crippen LogP contribution is -2.37. The minimum absolute atomic E-state index is 0.0870. The van der Waals surface area contributed by atoms with E-state index in [4.69, 9.17) is 0 Å². The molecule has 1 amide bonds. The molecule has 1 N–H and O–H groups in total.